The van der Waals surface area contributed by atoms with E-state index in [9.17, 15) is 8.42 Å². The molecule has 0 atom stereocenters. The van der Waals surface area contributed by atoms with Crippen molar-refractivity contribution in [3.8, 4) is 11.3 Å². The number of piperidine rings is 1. The van der Waals surface area contributed by atoms with E-state index in [0.717, 1.165) is 46.4 Å². The van der Waals surface area contributed by atoms with Crippen LogP contribution in [0.2, 0.25) is 0 Å². The Balaban J connectivity index is 0.00000259. The Kier molecular flexibility index (Phi) is 7.19. The molecule has 0 radical (unpaired) electrons. The van der Waals surface area contributed by atoms with Crippen LogP contribution in [0.1, 0.15) is 19.3 Å². The van der Waals surface area contributed by atoms with Crippen LogP contribution in [0.25, 0.3) is 22.0 Å². The molecule has 5 rings (SSSR count). The van der Waals surface area contributed by atoms with Gasteiger partial charge in [0.25, 0.3) is 0 Å². The molecule has 2 heterocycles. The van der Waals surface area contributed by atoms with Crippen molar-refractivity contribution in [1.82, 2.24) is 8.87 Å². The molecule has 1 aromatic heterocycles. The smallest absolute Gasteiger partial charge is 0.243 e. The first kappa shape index (κ1) is 23.9. The van der Waals surface area contributed by atoms with Gasteiger partial charge in [-0.15, -0.1) is 28.3 Å². The summed E-state index contributed by atoms with van der Waals surface area (Å²) >= 11 is 1.58. The molecule has 8 heteroatoms. The van der Waals surface area contributed by atoms with Gasteiger partial charge in [0.15, 0.2) is 4.80 Å². The molecular formula is C25H26BrN3O2S2. The van der Waals surface area contributed by atoms with Crippen molar-refractivity contribution >= 4 is 54.8 Å². The van der Waals surface area contributed by atoms with Gasteiger partial charge in [-0.3, -0.25) is 0 Å². The highest BCUT2D eigenvalue weighted by Crippen LogP contribution is 2.27. The molecule has 0 saturated carbocycles. The van der Waals surface area contributed by atoms with Crippen molar-refractivity contribution in [2.24, 2.45) is 12.0 Å². The highest BCUT2D eigenvalue weighted by atomic mass is 79.9. The first-order valence-electron chi connectivity index (χ1n) is 10.8. The predicted molar refractivity (Wildman–Crippen MR) is 141 cm³/mol. The minimum Gasteiger partial charge on any atom is -0.320 e. The van der Waals surface area contributed by atoms with E-state index in [1.54, 1.807) is 27.8 Å². The fraction of sp³-hybridized carbons (Fsp3) is 0.240. The minimum absolute atomic E-state index is 0. The van der Waals surface area contributed by atoms with E-state index in [0.29, 0.717) is 18.0 Å². The zero-order valence-corrected chi connectivity index (χ0v) is 21.7. The third kappa shape index (κ3) is 4.71. The van der Waals surface area contributed by atoms with Crippen LogP contribution in [-0.4, -0.2) is 30.4 Å². The molecule has 1 fully saturated rings. The second-order valence-corrected chi connectivity index (χ2v) is 10.8. The number of hydrogen-bond acceptors (Lipinski definition) is 4. The van der Waals surface area contributed by atoms with E-state index < -0.39 is 10.0 Å². The Morgan fingerprint density at radius 2 is 1.58 bits per heavy atom. The molecule has 3 aromatic carbocycles. The Morgan fingerprint density at radius 1 is 0.879 bits per heavy atom. The van der Waals surface area contributed by atoms with Gasteiger partial charge < -0.3 is 4.57 Å². The van der Waals surface area contributed by atoms with Gasteiger partial charge in [0.1, 0.15) is 0 Å². The monoisotopic (exact) mass is 543 g/mol. The average Bonchev–Trinajstić information content (AvgIpc) is 3.20. The molecule has 1 aliphatic rings. The normalized spacial score (nSPS) is 15.5. The molecule has 5 nitrogen and oxygen atoms in total. The lowest BCUT2D eigenvalue weighted by Gasteiger charge is -2.25. The number of nitrogens with zero attached hydrogens (tertiary/aromatic N) is 3. The van der Waals surface area contributed by atoms with Gasteiger partial charge in [-0.25, -0.2) is 13.4 Å². The van der Waals surface area contributed by atoms with Gasteiger partial charge in [0.05, 0.1) is 16.3 Å². The van der Waals surface area contributed by atoms with Gasteiger partial charge in [-0.05, 0) is 42.0 Å². The summed E-state index contributed by atoms with van der Waals surface area (Å²) in [6.07, 6.45) is 2.97. The van der Waals surface area contributed by atoms with Crippen LogP contribution < -0.4 is 4.80 Å². The number of fused-ring (bicyclic) bond motifs is 1. The lowest BCUT2D eigenvalue weighted by molar-refractivity contribution is 0.346. The number of rotatable bonds is 4. The molecular weight excluding hydrogens is 518 g/mol. The van der Waals surface area contributed by atoms with Crippen molar-refractivity contribution in [3.05, 3.63) is 76.9 Å². The molecule has 1 aliphatic heterocycles. The van der Waals surface area contributed by atoms with E-state index in [2.05, 4.69) is 28.1 Å². The molecule has 1 saturated heterocycles. The summed E-state index contributed by atoms with van der Waals surface area (Å²) in [5.74, 6) is 0. The van der Waals surface area contributed by atoms with Crippen molar-refractivity contribution in [1.29, 1.82) is 0 Å². The molecule has 4 aromatic rings. The molecule has 33 heavy (non-hydrogen) atoms. The molecule has 0 spiro atoms. The minimum atomic E-state index is -3.42. The summed E-state index contributed by atoms with van der Waals surface area (Å²) in [5, 5.41) is 4.36. The Bertz CT molecular complexity index is 1430. The van der Waals surface area contributed by atoms with Crippen LogP contribution in [0.4, 0.5) is 5.69 Å². The lowest BCUT2D eigenvalue weighted by atomic mass is 10.1. The second-order valence-electron chi connectivity index (χ2n) is 8.06. The van der Waals surface area contributed by atoms with E-state index in [-0.39, 0.29) is 17.0 Å². The number of sulfonamides is 1. The molecule has 0 unspecified atom stereocenters. The topological polar surface area (TPSA) is 54.7 Å². The van der Waals surface area contributed by atoms with Crippen LogP contribution in [0, 0.1) is 0 Å². The van der Waals surface area contributed by atoms with Crippen LogP contribution in [0.3, 0.4) is 0 Å². The highest BCUT2D eigenvalue weighted by Gasteiger charge is 2.25. The summed E-state index contributed by atoms with van der Waals surface area (Å²) in [5.41, 5.74) is 2.92. The number of thiazole rings is 1. The average molecular weight is 545 g/mol. The third-order valence-corrected chi connectivity index (χ3v) is 8.84. The number of hydrogen-bond donors (Lipinski definition) is 0. The van der Waals surface area contributed by atoms with Crippen LogP contribution in [0.15, 0.2) is 82.0 Å². The van der Waals surface area contributed by atoms with Gasteiger partial charge in [0, 0.05) is 30.9 Å². The molecule has 0 amide bonds. The molecule has 0 bridgehead atoms. The number of halogens is 1. The maximum absolute atomic E-state index is 12.9. The largest absolute Gasteiger partial charge is 0.320 e. The summed E-state index contributed by atoms with van der Waals surface area (Å²) < 4.78 is 29.5. The Labute approximate surface area is 208 Å². The fourth-order valence-electron chi connectivity index (χ4n) is 4.19. The predicted octanol–water partition coefficient (Wildman–Crippen LogP) is 5.89. The van der Waals surface area contributed by atoms with E-state index in [1.165, 1.54) is 5.39 Å². The Hall–Kier alpha value is -2.26. The maximum Gasteiger partial charge on any atom is 0.243 e. The fourth-order valence-corrected chi connectivity index (χ4v) is 6.63. The van der Waals surface area contributed by atoms with Crippen molar-refractivity contribution in [3.63, 3.8) is 0 Å². The third-order valence-electron chi connectivity index (χ3n) is 6.01. The molecule has 0 N–H and O–H groups in total. The van der Waals surface area contributed by atoms with Crippen LogP contribution in [0.5, 0.6) is 0 Å². The van der Waals surface area contributed by atoms with Crippen LogP contribution >= 0.6 is 28.3 Å². The number of aromatic nitrogens is 1. The van der Waals surface area contributed by atoms with Gasteiger partial charge in [-0.2, -0.15) is 4.31 Å². The summed E-state index contributed by atoms with van der Waals surface area (Å²) in [6, 6.07) is 21.6. The van der Waals surface area contributed by atoms with Gasteiger partial charge in [-0.1, -0.05) is 55.0 Å². The van der Waals surface area contributed by atoms with Gasteiger partial charge in [0.2, 0.25) is 10.0 Å². The van der Waals surface area contributed by atoms with Gasteiger partial charge >= 0.3 is 0 Å². The van der Waals surface area contributed by atoms with Crippen molar-refractivity contribution < 1.29 is 8.42 Å². The quantitative estimate of drug-likeness (QED) is 0.322. The summed E-state index contributed by atoms with van der Waals surface area (Å²) in [4.78, 5) is 6.16. The van der Waals surface area contributed by atoms with Crippen LogP contribution in [-0.2, 0) is 17.1 Å². The number of benzene rings is 3. The zero-order valence-electron chi connectivity index (χ0n) is 18.3. The lowest BCUT2D eigenvalue weighted by Crippen LogP contribution is -2.35. The zero-order chi connectivity index (χ0) is 22.1. The van der Waals surface area contributed by atoms with E-state index >= 15 is 0 Å². The highest BCUT2D eigenvalue weighted by molar-refractivity contribution is 8.93. The van der Waals surface area contributed by atoms with E-state index in [4.69, 9.17) is 4.99 Å². The second kappa shape index (κ2) is 9.93. The first-order valence-corrected chi connectivity index (χ1v) is 13.1. The van der Waals surface area contributed by atoms with Crippen molar-refractivity contribution in [2.45, 2.75) is 24.2 Å². The maximum atomic E-state index is 12.9. The standard InChI is InChI=1S/C25H25N3O2S2.BrH/c1-27-24(18-31-25(27)26-23-11-7-9-19-8-3-4-10-22(19)23)20-12-14-21(15-13-20)32(29,30)28-16-5-2-6-17-28;/h3-4,7-15,18H,2,5-6,16-17H2,1H3;1H. The summed E-state index contributed by atoms with van der Waals surface area (Å²) in [6.45, 7) is 1.23. The van der Waals surface area contributed by atoms with Crippen molar-refractivity contribution in [2.75, 3.05) is 13.1 Å². The molecule has 172 valence electrons. The van der Waals surface area contributed by atoms with E-state index in [1.807, 2.05) is 43.4 Å². The first-order chi connectivity index (χ1) is 15.5. The SMILES string of the molecule is Br.Cn1c(-c2ccc(S(=O)(=O)N3CCCCC3)cc2)csc1=Nc1cccc2ccccc12. The molecule has 0 aliphatic carbocycles. The Morgan fingerprint density at radius 3 is 2.33 bits per heavy atom. The summed E-state index contributed by atoms with van der Waals surface area (Å²) in [7, 11) is -1.42.